The standard InChI is InChI=1S/C24H21ClN4O3/c1-15-14-20(30)22(27-29(15)19-8-4-2-6-17(19)25)24(31)28-12-10-16(11-13-28)23-26-18-7-3-5-9-21(18)32-23/h2-9,14,16H,10-13H2,1H3. The molecule has 0 spiro atoms. The molecule has 2 aromatic heterocycles. The predicted molar refractivity (Wildman–Crippen MR) is 121 cm³/mol. The highest BCUT2D eigenvalue weighted by molar-refractivity contribution is 6.32. The Kier molecular flexibility index (Phi) is 5.27. The molecule has 0 unspecified atom stereocenters. The lowest BCUT2D eigenvalue weighted by Crippen LogP contribution is -2.41. The molecule has 1 fully saturated rings. The van der Waals surface area contributed by atoms with Gasteiger partial charge in [-0.25, -0.2) is 9.67 Å². The monoisotopic (exact) mass is 448 g/mol. The highest BCUT2D eigenvalue weighted by atomic mass is 35.5. The minimum atomic E-state index is -0.392. The molecule has 1 aliphatic heterocycles. The van der Waals surface area contributed by atoms with Gasteiger partial charge in [0.05, 0.1) is 10.7 Å². The molecule has 0 saturated carbocycles. The van der Waals surface area contributed by atoms with Crippen molar-refractivity contribution in [2.75, 3.05) is 13.1 Å². The van der Waals surface area contributed by atoms with Gasteiger partial charge in [-0.2, -0.15) is 5.10 Å². The van der Waals surface area contributed by atoms with Gasteiger partial charge in [0.15, 0.2) is 17.2 Å². The van der Waals surface area contributed by atoms with Gasteiger partial charge in [0.25, 0.3) is 5.91 Å². The third kappa shape index (κ3) is 3.69. The molecule has 0 atom stereocenters. The number of aromatic nitrogens is 3. The Morgan fingerprint density at radius 2 is 1.81 bits per heavy atom. The van der Waals surface area contributed by atoms with Crippen LogP contribution in [0, 0.1) is 6.92 Å². The number of piperidine rings is 1. The number of oxazole rings is 1. The highest BCUT2D eigenvalue weighted by Gasteiger charge is 2.29. The SMILES string of the molecule is Cc1cc(=O)c(C(=O)N2CCC(c3nc4ccccc4o3)CC2)nn1-c1ccccc1Cl. The van der Waals surface area contributed by atoms with E-state index in [1.165, 1.54) is 6.07 Å². The summed E-state index contributed by atoms with van der Waals surface area (Å²) >= 11 is 6.31. The number of rotatable bonds is 3. The number of fused-ring (bicyclic) bond motifs is 1. The molecule has 1 saturated heterocycles. The van der Waals surface area contributed by atoms with Gasteiger partial charge >= 0.3 is 0 Å². The first-order valence-electron chi connectivity index (χ1n) is 10.5. The van der Waals surface area contributed by atoms with Crippen molar-refractivity contribution in [2.45, 2.75) is 25.7 Å². The number of carbonyl (C=O) groups excluding carboxylic acids is 1. The van der Waals surface area contributed by atoms with Crippen LogP contribution in [-0.2, 0) is 0 Å². The quantitative estimate of drug-likeness (QED) is 0.465. The van der Waals surface area contributed by atoms with E-state index in [2.05, 4.69) is 10.1 Å². The zero-order chi connectivity index (χ0) is 22.2. The number of nitrogens with zero attached hydrogens (tertiary/aromatic N) is 4. The van der Waals surface area contributed by atoms with Crippen LogP contribution in [0.2, 0.25) is 5.02 Å². The summed E-state index contributed by atoms with van der Waals surface area (Å²) in [5.41, 5.74) is 2.34. The van der Waals surface area contributed by atoms with E-state index in [4.69, 9.17) is 16.0 Å². The molecule has 0 aliphatic carbocycles. The van der Waals surface area contributed by atoms with Gasteiger partial charge in [-0.05, 0) is 44.0 Å². The molecule has 4 aromatic rings. The molecule has 0 N–H and O–H groups in total. The first kappa shape index (κ1) is 20.5. The summed E-state index contributed by atoms with van der Waals surface area (Å²) < 4.78 is 7.45. The molecule has 1 aliphatic rings. The van der Waals surface area contributed by atoms with Crippen LogP contribution >= 0.6 is 11.6 Å². The van der Waals surface area contributed by atoms with E-state index in [0.717, 1.165) is 11.1 Å². The largest absolute Gasteiger partial charge is 0.440 e. The lowest BCUT2D eigenvalue weighted by atomic mass is 9.96. The second-order valence-corrected chi connectivity index (χ2v) is 8.36. The molecular weight excluding hydrogens is 428 g/mol. The van der Waals surface area contributed by atoms with Crippen molar-refractivity contribution < 1.29 is 9.21 Å². The molecule has 0 bridgehead atoms. The van der Waals surface area contributed by atoms with Crippen LogP contribution < -0.4 is 5.43 Å². The average Bonchev–Trinajstić information content (AvgIpc) is 3.24. The maximum Gasteiger partial charge on any atom is 0.278 e. The fourth-order valence-corrected chi connectivity index (χ4v) is 4.32. The Labute approximate surface area is 189 Å². The van der Waals surface area contributed by atoms with Gasteiger partial charge in [-0.3, -0.25) is 9.59 Å². The van der Waals surface area contributed by atoms with Gasteiger partial charge < -0.3 is 9.32 Å². The second-order valence-electron chi connectivity index (χ2n) is 7.95. The van der Waals surface area contributed by atoms with Crippen molar-refractivity contribution in [3.8, 4) is 5.69 Å². The van der Waals surface area contributed by atoms with Crippen LogP contribution in [0.5, 0.6) is 0 Å². The summed E-state index contributed by atoms with van der Waals surface area (Å²) in [5.74, 6) is 0.469. The zero-order valence-electron chi connectivity index (χ0n) is 17.5. The van der Waals surface area contributed by atoms with E-state index >= 15 is 0 Å². The molecule has 32 heavy (non-hydrogen) atoms. The van der Waals surface area contributed by atoms with Crippen LogP contribution in [0.4, 0.5) is 0 Å². The van der Waals surface area contributed by atoms with E-state index in [0.29, 0.717) is 48.2 Å². The Balaban J connectivity index is 1.36. The van der Waals surface area contributed by atoms with Crippen molar-refractivity contribution >= 4 is 28.6 Å². The van der Waals surface area contributed by atoms with Crippen LogP contribution in [0.1, 0.15) is 40.8 Å². The maximum atomic E-state index is 13.2. The minimum Gasteiger partial charge on any atom is -0.440 e. The minimum absolute atomic E-state index is 0.101. The van der Waals surface area contributed by atoms with Gasteiger partial charge in [0.1, 0.15) is 5.52 Å². The normalized spacial score (nSPS) is 14.8. The molecule has 3 heterocycles. The number of hydrogen-bond acceptors (Lipinski definition) is 5. The summed E-state index contributed by atoms with van der Waals surface area (Å²) in [6.45, 7) is 2.77. The van der Waals surface area contributed by atoms with Crippen LogP contribution in [0.3, 0.4) is 0 Å². The Hall–Kier alpha value is -3.45. The zero-order valence-corrected chi connectivity index (χ0v) is 18.2. The highest BCUT2D eigenvalue weighted by Crippen LogP contribution is 2.30. The van der Waals surface area contributed by atoms with Crippen LogP contribution in [0.25, 0.3) is 16.8 Å². The molecule has 7 nitrogen and oxygen atoms in total. The number of benzene rings is 2. The van der Waals surface area contributed by atoms with Crippen molar-refractivity contribution in [2.24, 2.45) is 0 Å². The molecule has 8 heteroatoms. The van der Waals surface area contributed by atoms with E-state index in [9.17, 15) is 9.59 Å². The summed E-state index contributed by atoms with van der Waals surface area (Å²) in [5, 5.41) is 4.87. The van der Waals surface area contributed by atoms with Crippen LogP contribution in [0.15, 0.2) is 63.8 Å². The fraction of sp³-hybridized carbons (Fsp3) is 0.250. The molecule has 162 valence electrons. The number of amides is 1. The van der Waals surface area contributed by atoms with Crippen molar-refractivity contribution in [1.29, 1.82) is 0 Å². The van der Waals surface area contributed by atoms with E-state index in [-0.39, 0.29) is 17.5 Å². The fourth-order valence-electron chi connectivity index (χ4n) is 4.11. The number of halogens is 1. The first-order chi connectivity index (χ1) is 15.5. The maximum absolute atomic E-state index is 13.2. The van der Waals surface area contributed by atoms with Gasteiger partial charge in [-0.15, -0.1) is 0 Å². The lowest BCUT2D eigenvalue weighted by molar-refractivity contribution is 0.0697. The van der Waals surface area contributed by atoms with Gasteiger partial charge in [-0.1, -0.05) is 35.9 Å². The number of likely N-dealkylation sites (tertiary alicyclic amines) is 1. The smallest absolute Gasteiger partial charge is 0.278 e. The second kappa shape index (κ2) is 8.24. The molecule has 5 rings (SSSR count). The van der Waals surface area contributed by atoms with Gasteiger partial charge in [0, 0.05) is 30.8 Å². The topological polar surface area (TPSA) is 81.2 Å². The Morgan fingerprint density at radius 3 is 2.56 bits per heavy atom. The average molecular weight is 449 g/mol. The van der Waals surface area contributed by atoms with Crippen molar-refractivity contribution in [3.63, 3.8) is 0 Å². The number of aryl methyl sites for hydroxylation is 1. The number of carbonyl (C=O) groups is 1. The molecular formula is C24H21ClN4O3. The van der Waals surface area contributed by atoms with E-state index in [1.54, 1.807) is 28.6 Å². The first-order valence-corrected chi connectivity index (χ1v) is 10.9. The summed E-state index contributed by atoms with van der Waals surface area (Å²) in [6.07, 6.45) is 1.42. The Bertz CT molecular complexity index is 1340. The summed E-state index contributed by atoms with van der Waals surface area (Å²) in [6, 6.07) is 16.3. The third-order valence-electron chi connectivity index (χ3n) is 5.83. The lowest BCUT2D eigenvalue weighted by Gasteiger charge is -2.30. The van der Waals surface area contributed by atoms with E-state index < -0.39 is 5.43 Å². The molecule has 0 radical (unpaired) electrons. The van der Waals surface area contributed by atoms with Crippen LogP contribution in [-0.4, -0.2) is 38.7 Å². The molecule has 2 aromatic carbocycles. The predicted octanol–water partition coefficient (Wildman–Crippen LogP) is 4.36. The Morgan fingerprint density at radius 1 is 1.09 bits per heavy atom. The molecule has 1 amide bonds. The van der Waals surface area contributed by atoms with Crippen molar-refractivity contribution in [1.82, 2.24) is 19.7 Å². The summed E-state index contributed by atoms with van der Waals surface area (Å²) in [7, 11) is 0. The van der Waals surface area contributed by atoms with Gasteiger partial charge in [0.2, 0.25) is 5.43 Å². The van der Waals surface area contributed by atoms with Crippen molar-refractivity contribution in [3.05, 3.63) is 87.1 Å². The van der Waals surface area contributed by atoms with E-state index in [1.807, 2.05) is 36.4 Å². The number of hydrogen-bond donors (Lipinski definition) is 0. The summed E-state index contributed by atoms with van der Waals surface area (Å²) in [4.78, 5) is 32.0. The third-order valence-corrected chi connectivity index (χ3v) is 6.15. The number of para-hydroxylation sites is 3.